The average Bonchev–Trinajstić information content (AvgIpc) is 2.94. The number of nitrogens with zero attached hydrogens (tertiary/aromatic N) is 1. The van der Waals surface area contributed by atoms with Crippen molar-refractivity contribution in [2.75, 3.05) is 33.4 Å². The fourth-order valence-corrected chi connectivity index (χ4v) is 3.55. The topological polar surface area (TPSA) is 55.8 Å². The Morgan fingerprint density at radius 2 is 1.74 bits per heavy atom. The lowest BCUT2D eigenvalue weighted by atomic mass is 10.3. The lowest BCUT2D eigenvalue weighted by molar-refractivity contribution is 0.146. The van der Waals surface area contributed by atoms with E-state index in [-0.39, 0.29) is 0 Å². The maximum atomic E-state index is 12.3. The first-order valence-corrected chi connectivity index (χ1v) is 7.80. The molecule has 1 saturated heterocycles. The largest absolute Gasteiger partial charge is 0.491 e. The van der Waals surface area contributed by atoms with Crippen LogP contribution in [0.25, 0.3) is 0 Å². The van der Waals surface area contributed by atoms with Crippen LogP contribution in [0.4, 0.5) is 0 Å². The summed E-state index contributed by atoms with van der Waals surface area (Å²) in [5.74, 6) is 0.650. The van der Waals surface area contributed by atoms with Crippen LogP contribution in [0.3, 0.4) is 0 Å². The highest BCUT2D eigenvalue weighted by Crippen LogP contribution is 2.22. The van der Waals surface area contributed by atoms with Gasteiger partial charge in [0.2, 0.25) is 10.0 Å². The number of rotatable bonds is 6. The Bertz CT molecular complexity index is 492. The van der Waals surface area contributed by atoms with E-state index in [2.05, 4.69) is 0 Å². The number of ether oxygens (including phenoxy) is 2. The highest BCUT2D eigenvalue weighted by atomic mass is 32.2. The fourth-order valence-electron chi connectivity index (χ4n) is 2.03. The summed E-state index contributed by atoms with van der Waals surface area (Å²) in [6.45, 7) is 2.20. The van der Waals surface area contributed by atoms with Gasteiger partial charge < -0.3 is 9.47 Å². The van der Waals surface area contributed by atoms with E-state index in [0.717, 1.165) is 12.8 Å². The second-order valence-electron chi connectivity index (χ2n) is 4.42. The molecule has 1 aromatic rings. The predicted octanol–water partition coefficient (Wildman–Crippen LogP) is 1.50. The van der Waals surface area contributed by atoms with Gasteiger partial charge in [-0.2, -0.15) is 4.31 Å². The molecule has 5 nitrogen and oxygen atoms in total. The molecule has 1 aromatic carbocycles. The monoisotopic (exact) mass is 285 g/mol. The Morgan fingerprint density at radius 1 is 1.11 bits per heavy atom. The van der Waals surface area contributed by atoms with Gasteiger partial charge in [0.1, 0.15) is 12.4 Å². The van der Waals surface area contributed by atoms with Crippen LogP contribution < -0.4 is 4.74 Å². The summed E-state index contributed by atoms with van der Waals surface area (Å²) >= 11 is 0. The summed E-state index contributed by atoms with van der Waals surface area (Å²) in [4.78, 5) is 0.327. The van der Waals surface area contributed by atoms with Crippen molar-refractivity contribution >= 4 is 10.0 Å². The molecule has 1 fully saturated rings. The fraction of sp³-hybridized carbons (Fsp3) is 0.538. The van der Waals surface area contributed by atoms with Crippen LogP contribution in [-0.4, -0.2) is 46.1 Å². The van der Waals surface area contributed by atoms with Gasteiger partial charge in [-0.05, 0) is 37.1 Å². The third kappa shape index (κ3) is 3.46. The molecule has 19 heavy (non-hydrogen) atoms. The van der Waals surface area contributed by atoms with E-state index in [1.165, 1.54) is 4.31 Å². The molecule has 1 aliphatic rings. The van der Waals surface area contributed by atoms with E-state index < -0.39 is 10.0 Å². The molecule has 0 unspecified atom stereocenters. The van der Waals surface area contributed by atoms with Crippen LogP contribution in [0.1, 0.15) is 12.8 Å². The smallest absolute Gasteiger partial charge is 0.243 e. The second-order valence-corrected chi connectivity index (χ2v) is 6.36. The molecular formula is C13H19NO4S. The Hall–Kier alpha value is -1.11. The summed E-state index contributed by atoms with van der Waals surface area (Å²) in [6, 6.07) is 6.54. The molecule has 0 radical (unpaired) electrons. The second kappa shape index (κ2) is 6.36. The van der Waals surface area contributed by atoms with Crippen LogP contribution in [0.15, 0.2) is 29.2 Å². The van der Waals surface area contributed by atoms with Crippen LogP contribution in [0.5, 0.6) is 5.75 Å². The molecule has 2 rings (SSSR count). The molecule has 0 atom stereocenters. The van der Waals surface area contributed by atoms with Gasteiger partial charge in [-0.3, -0.25) is 0 Å². The summed E-state index contributed by atoms with van der Waals surface area (Å²) in [7, 11) is -1.72. The Morgan fingerprint density at radius 3 is 2.32 bits per heavy atom. The quantitative estimate of drug-likeness (QED) is 0.743. The number of benzene rings is 1. The molecule has 0 saturated carbocycles. The standard InChI is InChI=1S/C13H19NO4S/c1-17-10-11-18-12-4-6-13(7-5-12)19(15,16)14-8-2-3-9-14/h4-7H,2-3,8-11H2,1H3. The van der Waals surface area contributed by atoms with Gasteiger partial charge in [0.25, 0.3) is 0 Å². The SMILES string of the molecule is COCCOc1ccc(S(=O)(=O)N2CCCC2)cc1. The number of hydrogen-bond donors (Lipinski definition) is 0. The maximum Gasteiger partial charge on any atom is 0.243 e. The van der Waals surface area contributed by atoms with Crippen LogP contribution in [0.2, 0.25) is 0 Å². The highest BCUT2D eigenvalue weighted by molar-refractivity contribution is 7.89. The van der Waals surface area contributed by atoms with Crippen molar-refractivity contribution in [3.05, 3.63) is 24.3 Å². The lowest BCUT2D eigenvalue weighted by Crippen LogP contribution is -2.27. The van der Waals surface area contributed by atoms with Gasteiger partial charge in [0, 0.05) is 20.2 Å². The summed E-state index contributed by atoms with van der Waals surface area (Å²) in [5, 5.41) is 0. The van der Waals surface area contributed by atoms with Crippen molar-refractivity contribution in [1.82, 2.24) is 4.31 Å². The van der Waals surface area contributed by atoms with Gasteiger partial charge in [-0.15, -0.1) is 0 Å². The van der Waals surface area contributed by atoms with Crippen LogP contribution in [-0.2, 0) is 14.8 Å². The molecule has 0 N–H and O–H groups in total. The molecule has 1 heterocycles. The van der Waals surface area contributed by atoms with Gasteiger partial charge in [-0.25, -0.2) is 8.42 Å². The maximum absolute atomic E-state index is 12.3. The summed E-state index contributed by atoms with van der Waals surface area (Å²) in [6.07, 6.45) is 1.88. The van der Waals surface area contributed by atoms with Crippen molar-refractivity contribution in [3.63, 3.8) is 0 Å². The van der Waals surface area contributed by atoms with E-state index in [0.29, 0.717) is 36.9 Å². The first kappa shape index (κ1) is 14.3. The van der Waals surface area contributed by atoms with E-state index in [1.54, 1.807) is 31.4 Å². The molecule has 1 aliphatic heterocycles. The van der Waals surface area contributed by atoms with E-state index in [1.807, 2.05) is 0 Å². The predicted molar refractivity (Wildman–Crippen MR) is 71.8 cm³/mol. The third-order valence-electron chi connectivity index (χ3n) is 3.08. The van der Waals surface area contributed by atoms with Crippen molar-refractivity contribution in [2.24, 2.45) is 0 Å². The normalized spacial score (nSPS) is 16.7. The summed E-state index contributed by atoms with van der Waals surface area (Å²) < 4.78 is 36.4. The zero-order valence-corrected chi connectivity index (χ0v) is 11.9. The minimum Gasteiger partial charge on any atom is -0.491 e. The Kier molecular flexibility index (Phi) is 4.79. The van der Waals surface area contributed by atoms with E-state index in [4.69, 9.17) is 9.47 Å². The van der Waals surface area contributed by atoms with Crippen molar-refractivity contribution in [3.8, 4) is 5.75 Å². The van der Waals surface area contributed by atoms with Crippen LogP contribution in [0, 0.1) is 0 Å². The van der Waals surface area contributed by atoms with Crippen molar-refractivity contribution in [2.45, 2.75) is 17.7 Å². The molecule has 6 heteroatoms. The minimum absolute atomic E-state index is 0.327. The lowest BCUT2D eigenvalue weighted by Gasteiger charge is -2.15. The molecule has 0 amide bonds. The minimum atomic E-state index is -3.33. The van der Waals surface area contributed by atoms with E-state index in [9.17, 15) is 8.42 Å². The van der Waals surface area contributed by atoms with Gasteiger partial charge >= 0.3 is 0 Å². The Labute approximate surface area is 114 Å². The number of hydrogen-bond acceptors (Lipinski definition) is 4. The zero-order chi connectivity index (χ0) is 13.7. The molecule has 0 aliphatic carbocycles. The number of sulfonamides is 1. The Balaban J connectivity index is 2.05. The first-order chi connectivity index (χ1) is 9.14. The van der Waals surface area contributed by atoms with Crippen molar-refractivity contribution < 1.29 is 17.9 Å². The average molecular weight is 285 g/mol. The number of methoxy groups -OCH3 is 1. The molecule has 0 bridgehead atoms. The molecule has 106 valence electrons. The van der Waals surface area contributed by atoms with Crippen LogP contribution >= 0.6 is 0 Å². The molecule has 0 aromatic heterocycles. The van der Waals surface area contributed by atoms with Gasteiger partial charge in [0.05, 0.1) is 11.5 Å². The first-order valence-electron chi connectivity index (χ1n) is 6.36. The summed E-state index contributed by atoms with van der Waals surface area (Å²) in [5.41, 5.74) is 0. The molecular weight excluding hydrogens is 266 g/mol. The molecule has 0 spiro atoms. The van der Waals surface area contributed by atoms with Gasteiger partial charge in [0.15, 0.2) is 0 Å². The highest BCUT2D eigenvalue weighted by Gasteiger charge is 2.26. The van der Waals surface area contributed by atoms with Crippen molar-refractivity contribution in [1.29, 1.82) is 0 Å². The van der Waals surface area contributed by atoms with E-state index >= 15 is 0 Å². The third-order valence-corrected chi connectivity index (χ3v) is 5.00. The zero-order valence-electron chi connectivity index (χ0n) is 11.0. The van der Waals surface area contributed by atoms with Gasteiger partial charge in [-0.1, -0.05) is 0 Å².